The van der Waals surface area contributed by atoms with Gasteiger partial charge in [-0.1, -0.05) is 55.5 Å². The van der Waals surface area contributed by atoms with Crippen molar-refractivity contribution in [1.29, 1.82) is 0 Å². The van der Waals surface area contributed by atoms with E-state index < -0.39 is 11.6 Å². The van der Waals surface area contributed by atoms with Gasteiger partial charge >= 0.3 is 5.97 Å². The SMILES string of the molecule is CCOC(=O)CC(O)(CC)c1cccc(OCc2ccc3ccccc3c2)c1. The number of rotatable bonds is 8. The highest BCUT2D eigenvalue weighted by Gasteiger charge is 2.31. The van der Waals surface area contributed by atoms with Crippen molar-refractivity contribution in [2.24, 2.45) is 0 Å². The minimum Gasteiger partial charge on any atom is -0.489 e. The van der Waals surface area contributed by atoms with Gasteiger partial charge in [-0.25, -0.2) is 0 Å². The molecule has 0 aliphatic heterocycles. The van der Waals surface area contributed by atoms with Crippen LogP contribution in [0.25, 0.3) is 10.8 Å². The fourth-order valence-electron chi connectivity index (χ4n) is 3.25. The van der Waals surface area contributed by atoms with Crippen LogP contribution < -0.4 is 4.74 Å². The predicted molar refractivity (Wildman–Crippen MR) is 110 cm³/mol. The molecule has 0 saturated heterocycles. The Morgan fingerprint density at radius 1 is 0.964 bits per heavy atom. The van der Waals surface area contributed by atoms with E-state index in [-0.39, 0.29) is 6.42 Å². The van der Waals surface area contributed by atoms with Crippen LogP contribution in [0.3, 0.4) is 0 Å². The van der Waals surface area contributed by atoms with Crippen molar-refractivity contribution < 1.29 is 19.4 Å². The van der Waals surface area contributed by atoms with E-state index in [9.17, 15) is 9.90 Å². The van der Waals surface area contributed by atoms with Crippen molar-refractivity contribution in [3.05, 3.63) is 77.9 Å². The molecule has 0 spiro atoms. The van der Waals surface area contributed by atoms with Gasteiger partial charge in [0.05, 0.1) is 18.6 Å². The van der Waals surface area contributed by atoms with Crippen molar-refractivity contribution in [1.82, 2.24) is 0 Å². The Kier molecular flexibility index (Phi) is 6.32. The first-order valence-corrected chi connectivity index (χ1v) is 9.63. The molecule has 0 aliphatic rings. The summed E-state index contributed by atoms with van der Waals surface area (Å²) >= 11 is 0. The lowest BCUT2D eigenvalue weighted by atomic mass is 9.88. The number of fused-ring (bicyclic) bond motifs is 1. The molecule has 1 atom stereocenters. The minimum atomic E-state index is -1.27. The molecule has 0 aliphatic carbocycles. The van der Waals surface area contributed by atoms with E-state index in [4.69, 9.17) is 9.47 Å². The van der Waals surface area contributed by atoms with Gasteiger partial charge in [0.2, 0.25) is 0 Å². The van der Waals surface area contributed by atoms with Gasteiger partial charge in [-0.3, -0.25) is 4.79 Å². The van der Waals surface area contributed by atoms with E-state index in [0.717, 1.165) is 5.56 Å². The van der Waals surface area contributed by atoms with Crippen LogP contribution in [-0.4, -0.2) is 17.7 Å². The lowest BCUT2D eigenvalue weighted by molar-refractivity contribution is -0.149. The Morgan fingerprint density at radius 3 is 2.50 bits per heavy atom. The van der Waals surface area contributed by atoms with E-state index in [1.54, 1.807) is 13.0 Å². The standard InChI is InChI=1S/C24H26O4/c1-3-24(26,16-23(25)27-4-2)21-10-7-11-22(15-21)28-17-18-12-13-19-8-5-6-9-20(19)14-18/h5-15,26H,3-4,16-17H2,1-2H3. The van der Waals surface area contributed by atoms with Crippen LogP contribution in [0.4, 0.5) is 0 Å². The van der Waals surface area contributed by atoms with Crippen molar-refractivity contribution >= 4 is 16.7 Å². The molecule has 3 aromatic rings. The number of hydrogen-bond acceptors (Lipinski definition) is 4. The second kappa shape index (κ2) is 8.89. The van der Waals surface area contributed by atoms with Gasteiger partial charge in [-0.2, -0.15) is 0 Å². The molecule has 4 heteroatoms. The molecule has 28 heavy (non-hydrogen) atoms. The number of aliphatic hydroxyl groups is 1. The maximum absolute atomic E-state index is 11.9. The fourth-order valence-corrected chi connectivity index (χ4v) is 3.25. The number of carbonyl (C=O) groups is 1. The Labute approximate surface area is 165 Å². The van der Waals surface area contributed by atoms with E-state index in [1.807, 2.05) is 37.3 Å². The molecule has 0 aromatic heterocycles. The lowest BCUT2D eigenvalue weighted by Gasteiger charge is -2.26. The van der Waals surface area contributed by atoms with Gasteiger partial charge in [0.15, 0.2) is 0 Å². The van der Waals surface area contributed by atoms with Crippen LogP contribution >= 0.6 is 0 Å². The first-order valence-electron chi connectivity index (χ1n) is 9.63. The molecule has 146 valence electrons. The van der Waals surface area contributed by atoms with Gasteiger partial charge in [0.25, 0.3) is 0 Å². The van der Waals surface area contributed by atoms with E-state index in [1.165, 1.54) is 10.8 Å². The fraction of sp³-hybridized carbons (Fsp3) is 0.292. The zero-order valence-corrected chi connectivity index (χ0v) is 16.4. The van der Waals surface area contributed by atoms with Crippen molar-refractivity contribution in [3.63, 3.8) is 0 Å². The van der Waals surface area contributed by atoms with Crippen LogP contribution in [0.5, 0.6) is 5.75 Å². The number of esters is 1. The van der Waals surface area contributed by atoms with Crippen molar-refractivity contribution in [3.8, 4) is 5.75 Å². The number of carbonyl (C=O) groups excluding carboxylic acids is 1. The molecule has 1 unspecified atom stereocenters. The number of benzene rings is 3. The van der Waals surface area contributed by atoms with Gasteiger partial charge in [0, 0.05) is 0 Å². The molecular formula is C24H26O4. The van der Waals surface area contributed by atoms with E-state index in [2.05, 4.69) is 30.3 Å². The second-order valence-corrected chi connectivity index (χ2v) is 6.86. The summed E-state index contributed by atoms with van der Waals surface area (Å²) in [7, 11) is 0. The highest BCUT2D eigenvalue weighted by molar-refractivity contribution is 5.82. The molecule has 3 rings (SSSR count). The maximum Gasteiger partial charge on any atom is 0.309 e. The summed E-state index contributed by atoms with van der Waals surface area (Å²) < 4.78 is 10.9. The summed E-state index contributed by atoms with van der Waals surface area (Å²) in [5, 5.41) is 13.3. The summed E-state index contributed by atoms with van der Waals surface area (Å²) in [6.07, 6.45) is 0.325. The highest BCUT2D eigenvalue weighted by atomic mass is 16.5. The molecular weight excluding hydrogens is 352 g/mol. The summed E-state index contributed by atoms with van der Waals surface area (Å²) in [4.78, 5) is 11.9. The maximum atomic E-state index is 11.9. The molecule has 0 saturated carbocycles. The third-order valence-corrected chi connectivity index (χ3v) is 4.92. The molecule has 4 nitrogen and oxygen atoms in total. The minimum absolute atomic E-state index is 0.0779. The molecule has 0 amide bonds. The third kappa shape index (κ3) is 4.70. The van der Waals surface area contributed by atoms with Crippen LogP contribution in [0.1, 0.15) is 37.8 Å². The Balaban J connectivity index is 1.73. The van der Waals surface area contributed by atoms with Gasteiger partial charge in [-0.05, 0) is 53.4 Å². The quantitative estimate of drug-likeness (QED) is 0.562. The predicted octanol–water partition coefficient (Wildman–Crippen LogP) is 4.97. The topological polar surface area (TPSA) is 55.8 Å². The Hall–Kier alpha value is -2.85. The molecule has 1 N–H and O–H groups in total. The van der Waals surface area contributed by atoms with Gasteiger partial charge in [0.1, 0.15) is 12.4 Å². The van der Waals surface area contributed by atoms with Crippen molar-refractivity contribution in [2.45, 2.75) is 38.9 Å². The first-order chi connectivity index (χ1) is 13.5. The smallest absolute Gasteiger partial charge is 0.309 e. The molecule has 3 aromatic carbocycles. The lowest BCUT2D eigenvalue weighted by Crippen LogP contribution is -2.29. The Bertz CT molecular complexity index is 950. The summed E-state index contributed by atoms with van der Waals surface area (Å²) in [6.45, 7) is 4.33. The van der Waals surface area contributed by atoms with Crippen LogP contribution in [0.2, 0.25) is 0 Å². The molecule has 0 fully saturated rings. The molecule has 0 heterocycles. The monoisotopic (exact) mass is 378 g/mol. The number of ether oxygens (including phenoxy) is 2. The largest absolute Gasteiger partial charge is 0.489 e. The highest BCUT2D eigenvalue weighted by Crippen LogP contribution is 2.31. The van der Waals surface area contributed by atoms with E-state index in [0.29, 0.717) is 30.9 Å². The molecule has 0 bridgehead atoms. The first kappa shape index (κ1) is 19.9. The summed E-state index contributed by atoms with van der Waals surface area (Å²) in [6, 6.07) is 21.7. The summed E-state index contributed by atoms with van der Waals surface area (Å²) in [5.74, 6) is 0.246. The summed E-state index contributed by atoms with van der Waals surface area (Å²) in [5.41, 5.74) is 0.453. The van der Waals surface area contributed by atoms with E-state index >= 15 is 0 Å². The van der Waals surface area contributed by atoms with Crippen LogP contribution in [0.15, 0.2) is 66.7 Å². The third-order valence-electron chi connectivity index (χ3n) is 4.92. The zero-order valence-electron chi connectivity index (χ0n) is 16.4. The van der Waals surface area contributed by atoms with Gasteiger partial charge < -0.3 is 14.6 Å². The average molecular weight is 378 g/mol. The molecule has 0 radical (unpaired) electrons. The van der Waals surface area contributed by atoms with Crippen LogP contribution in [0, 0.1) is 0 Å². The van der Waals surface area contributed by atoms with Gasteiger partial charge in [-0.15, -0.1) is 0 Å². The average Bonchev–Trinajstić information content (AvgIpc) is 2.72. The second-order valence-electron chi connectivity index (χ2n) is 6.86. The zero-order chi connectivity index (χ0) is 20.0. The van der Waals surface area contributed by atoms with Crippen LogP contribution in [-0.2, 0) is 21.7 Å². The Morgan fingerprint density at radius 2 is 1.75 bits per heavy atom. The number of hydrogen-bond donors (Lipinski definition) is 1. The normalized spacial score (nSPS) is 13.1. The van der Waals surface area contributed by atoms with Crippen molar-refractivity contribution in [2.75, 3.05) is 6.61 Å².